The molecule has 1 saturated heterocycles. The number of piperidine rings is 1. The fourth-order valence-corrected chi connectivity index (χ4v) is 3.61. The van der Waals surface area contributed by atoms with Crippen LogP contribution in [0.1, 0.15) is 38.5 Å². The molecule has 2 N–H and O–H groups in total. The van der Waals surface area contributed by atoms with Crippen molar-refractivity contribution < 1.29 is 13.2 Å². The molecule has 0 spiro atoms. The number of nitrogens with zero attached hydrogens (tertiary/aromatic N) is 1. The van der Waals surface area contributed by atoms with Crippen LogP contribution < -0.4 is 5.73 Å². The molecule has 0 radical (unpaired) electrons. The van der Waals surface area contributed by atoms with Crippen molar-refractivity contribution in [1.82, 2.24) is 4.90 Å². The molecule has 1 aliphatic carbocycles. The molecular formula is C14H25F3N2. The van der Waals surface area contributed by atoms with Crippen LogP contribution in [-0.2, 0) is 0 Å². The van der Waals surface area contributed by atoms with Gasteiger partial charge in [0.25, 0.3) is 0 Å². The third-order valence-corrected chi connectivity index (χ3v) is 4.91. The summed E-state index contributed by atoms with van der Waals surface area (Å²) in [5, 5.41) is 0. The molecule has 0 amide bonds. The first-order valence-corrected chi connectivity index (χ1v) is 7.50. The van der Waals surface area contributed by atoms with E-state index in [9.17, 15) is 13.2 Å². The standard InChI is InChI=1S/C14H25F3N2/c15-14(16,17)13-5-7-19(8-6-13)10-12-4-2-1-3-11(12)9-18/h11-13H,1-10,18H2. The van der Waals surface area contributed by atoms with Crippen molar-refractivity contribution >= 4 is 0 Å². The Kier molecular flexibility index (Phi) is 5.12. The summed E-state index contributed by atoms with van der Waals surface area (Å²) < 4.78 is 37.8. The summed E-state index contributed by atoms with van der Waals surface area (Å²) in [7, 11) is 0. The third kappa shape index (κ3) is 4.09. The zero-order valence-electron chi connectivity index (χ0n) is 11.5. The molecule has 2 atom stereocenters. The lowest BCUT2D eigenvalue weighted by molar-refractivity contribution is -0.185. The summed E-state index contributed by atoms with van der Waals surface area (Å²) >= 11 is 0. The minimum absolute atomic E-state index is 0.267. The Morgan fingerprint density at radius 3 is 2.05 bits per heavy atom. The highest BCUT2D eigenvalue weighted by atomic mass is 19.4. The second-order valence-electron chi connectivity index (χ2n) is 6.16. The largest absolute Gasteiger partial charge is 0.391 e. The summed E-state index contributed by atoms with van der Waals surface area (Å²) in [5.74, 6) is 0.0932. The van der Waals surface area contributed by atoms with Gasteiger partial charge >= 0.3 is 6.18 Å². The van der Waals surface area contributed by atoms with E-state index in [1.54, 1.807) is 0 Å². The number of hydrogen-bond acceptors (Lipinski definition) is 2. The Hall–Kier alpha value is -0.290. The SMILES string of the molecule is NCC1CCCCC1CN1CCC(C(F)(F)F)CC1. The number of halogens is 3. The maximum atomic E-state index is 12.6. The summed E-state index contributed by atoms with van der Waals surface area (Å²) in [6.07, 6.45) is 1.43. The summed E-state index contributed by atoms with van der Waals surface area (Å²) in [4.78, 5) is 2.22. The molecule has 1 aliphatic heterocycles. The predicted octanol–water partition coefficient (Wildman–Crippen LogP) is 3.03. The van der Waals surface area contributed by atoms with E-state index in [0.717, 1.165) is 13.1 Å². The van der Waals surface area contributed by atoms with Gasteiger partial charge < -0.3 is 10.6 Å². The topological polar surface area (TPSA) is 29.3 Å². The van der Waals surface area contributed by atoms with Gasteiger partial charge in [0.05, 0.1) is 5.92 Å². The number of likely N-dealkylation sites (tertiary alicyclic amines) is 1. The molecule has 2 rings (SSSR count). The van der Waals surface area contributed by atoms with Gasteiger partial charge in [-0.25, -0.2) is 0 Å². The average molecular weight is 278 g/mol. The molecule has 2 nitrogen and oxygen atoms in total. The first kappa shape index (κ1) is 15.1. The second-order valence-corrected chi connectivity index (χ2v) is 6.16. The Morgan fingerprint density at radius 2 is 1.53 bits per heavy atom. The normalized spacial score (nSPS) is 31.6. The van der Waals surface area contributed by atoms with Crippen LogP contribution in [-0.4, -0.2) is 37.3 Å². The van der Waals surface area contributed by atoms with E-state index in [4.69, 9.17) is 5.73 Å². The molecule has 1 heterocycles. The zero-order valence-corrected chi connectivity index (χ0v) is 11.5. The van der Waals surface area contributed by atoms with Gasteiger partial charge in [0, 0.05) is 6.54 Å². The van der Waals surface area contributed by atoms with E-state index in [-0.39, 0.29) is 12.8 Å². The molecule has 2 aliphatic rings. The van der Waals surface area contributed by atoms with Crippen LogP contribution in [0.5, 0.6) is 0 Å². The highest BCUT2D eigenvalue weighted by Crippen LogP contribution is 2.35. The molecule has 5 heteroatoms. The van der Waals surface area contributed by atoms with Crippen molar-refractivity contribution in [3.05, 3.63) is 0 Å². The molecule has 19 heavy (non-hydrogen) atoms. The molecule has 0 aromatic carbocycles. The predicted molar refractivity (Wildman–Crippen MR) is 69.7 cm³/mol. The van der Waals surface area contributed by atoms with Crippen LogP contribution in [0.3, 0.4) is 0 Å². The van der Waals surface area contributed by atoms with Gasteiger partial charge in [-0.3, -0.25) is 0 Å². The van der Waals surface area contributed by atoms with Crippen molar-refractivity contribution in [3.63, 3.8) is 0 Å². The maximum Gasteiger partial charge on any atom is 0.391 e. The first-order chi connectivity index (χ1) is 9.00. The molecule has 112 valence electrons. The number of rotatable bonds is 3. The maximum absolute atomic E-state index is 12.6. The van der Waals surface area contributed by atoms with Gasteiger partial charge in [-0.2, -0.15) is 13.2 Å². The first-order valence-electron chi connectivity index (χ1n) is 7.50. The quantitative estimate of drug-likeness (QED) is 0.860. The van der Waals surface area contributed by atoms with Crippen molar-refractivity contribution in [1.29, 1.82) is 0 Å². The van der Waals surface area contributed by atoms with E-state index in [2.05, 4.69) is 4.90 Å². The van der Waals surface area contributed by atoms with Crippen LogP contribution in [0.4, 0.5) is 13.2 Å². The Bertz CT molecular complexity index is 272. The number of alkyl halides is 3. The molecule has 0 bridgehead atoms. The second kappa shape index (κ2) is 6.44. The molecule has 2 unspecified atom stereocenters. The van der Waals surface area contributed by atoms with Gasteiger partial charge in [-0.05, 0) is 57.2 Å². The number of hydrogen-bond donors (Lipinski definition) is 1. The molecule has 2 fully saturated rings. The lowest BCUT2D eigenvalue weighted by Crippen LogP contribution is -2.43. The summed E-state index contributed by atoms with van der Waals surface area (Å²) in [6, 6.07) is 0. The van der Waals surface area contributed by atoms with Crippen molar-refractivity contribution in [2.75, 3.05) is 26.2 Å². The highest BCUT2D eigenvalue weighted by Gasteiger charge is 2.41. The smallest absolute Gasteiger partial charge is 0.330 e. The Morgan fingerprint density at radius 1 is 0.947 bits per heavy atom. The minimum Gasteiger partial charge on any atom is -0.330 e. The van der Waals surface area contributed by atoms with E-state index in [1.807, 2.05) is 0 Å². The van der Waals surface area contributed by atoms with Gasteiger partial charge in [0.1, 0.15) is 0 Å². The lowest BCUT2D eigenvalue weighted by Gasteiger charge is -2.38. The Balaban J connectivity index is 1.78. The summed E-state index contributed by atoms with van der Waals surface area (Å²) in [6.45, 7) is 2.87. The zero-order chi connectivity index (χ0) is 13.9. The van der Waals surface area contributed by atoms with E-state index in [0.29, 0.717) is 24.9 Å². The minimum atomic E-state index is -4.00. The van der Waals surface area contributed by atoms with E-state index < -0.39 is 12.1 Å². The molecule has 1 saturated carbocycles. The van der Waals surface area contributed by atoms with Crippen LogP contribution in [0.2, 0.25) is 0 Å². The fraction of sp³-hybridized carbons (Fsp3) is 1.00. The van der Waals surface area contributed by atoms with Crippen molar-refractivity contribution in [2.45, 2.75) is 44.7 Å². The van der Waals surface area contributed by atoms with Gasteiger partial charge in [0.15, 0.2) is 0 Å². The van der Waals surface area contributed by atoms with Crippen molar-refractivity contribution in [2.24, 2.45) is 23.5 Å². The van der Waals surface area contributed by atoms with Gasteiger partial charge in [0.2, 0.25) is 0 Å². The highest BCUT2D eigenvalue weighted by molar-refractivity contribution is 4.82. The lowest BCUT2D eigenvalue weighted by atomic mass is 9.78. The summed E-state index contributed by atoms with van der Waals surface area (Å²) in [5.41, 5.74) is 5.81. The van der Waals surface area contributed by atoms with Crippen LogP contribution >= 0.6 is 0 Å². The third-order valence-electron chi connectivity index (χ3n) is 4.91. The monoisotopic (exact) mass is 278 g/mol. The van der Waals surface area contributed by atoms with Crippen LogP contribution in [0.15, 0.2) is 0 Å². The Labute approximate surface area is 113 Å². The van der Waals surface area contributed by atoms with Crippen molar-refractivity contribution in [3.8, 4) is 0 Å². The van der Waals surface area contributed by atoms with E-state index in [1.165, 1.54) is 25.7 Å². The number of nitrogens with two attached hydrogens (primary N) is 1. The fourth-order valence-electron chi connectivity index (χ4n) is 3.61. The molecular weight excluding hydrogens is 253 g/mol. The van der Waals surface area contributed by atoms with Crippen LogP contribution in [0.25, 0.3) is 0 Å². The van der Waals surface area contributed by atoms with E-state index >= 15 is 0 Å². The van der Waals surface area contributed by atoms with Gasteiger partial charge in [-0.15, -0.1) is 0 Å². The molecule has 0 aromatic rings. The van der Waals surface area contributed by atoms with Crippen LogP contribution in [0, 0.1) is 17.8 Å². The molecule has 0 aromatic heterocycles. The average Bonchev–Trinajstić information content (AvgIpc) is 2.39. The van der Waals surface area contributed by atoms with Gasteiger partial charge in [-0.1, -0.05) is 12.8 Å².